The van der Waals surface area contributed by atoms with E-state index < -0.39 is 0 Å². The Morgan fingerprint density at radius 2 is 1.88 bits per heavy atom. The highest BCUT2D eigenvalue weighted by atomic mass is 16.5. The molecule has 0 aliphatic carbocycles. The third-order valence-electron chi connectivity index (χ3n) is 7.01. The molecule has 1 aliphatic rings. The number of H-pyrrole nitrogens is 1. The van der Waals surface area contributed by atoms with E-state index in [1.54, 1.807) is 13.3 Å². The van der Waals surface area contributed by atoms with Gasteiger partial charge in [0.1, 0.15) is 5.75 Å². The van der Waals surface area contributed by atoms with E-state index in [4.69, 9.17) is 9.72 Å². The van der Waals surface area contributed by atoms with E-state index >= 15 is 0 Å². The zero-order chi connectivity index (χ0) is 22.3. The predicted molar refractivity (Wildman–Crippen MR) is 130 cm³/mol. The van der Waals surface area contributed by atoms with Gasteiger partial charge in [-0.25, -0.2) is 0 Å². The number of aromatic amines is 1. The van der Waals surface area contributed by atoms with Crippen molar-refractivity contribution in [2.75, 3.05) is 39.8 Å². The summed E-state index contributed by atoms with van der Waals surface area (Å²) in [6.07, 6.45) is 5.58. The lowest BCUT2D eigenvalue weighted by molar-refractivity contribution is 0.0522. The van der Waals surface area contributed by atoms with Crippen molar-refractivity contribution >= 4 is 21.8 Å². The fourth-order valence-corrected chi connectivity index (χ4v) is 5.11. The van der Waals surface area contributed by atoms with Gasteiger partial charge in [0.25, 0.3) is 0 Å². The van der Waals surface area contributed by atoms with Gasteiger partial charge in [-0.3, -0.25) is 14.9 Å². The van der Waals surface area contributed by atoms with Crippen molar-refractivity contribution in [2.24, 2.45) is 0 Å². The summed E-state index contributed by atoms with van der Waals surface area (Å²) in [5, 5.41) is 2.39. The summed E-state index contributed by atoms with van der Waals surface area (Å²) < 4.78 is 5.93. The molecule has 5 rings (SSSR count). The SMILES string of the molecule is CCN1CCN(C(C)(C)c2c(OC)ccc3[nH]c4cnc(-c5cccnc5)cc4c23)CC1. The first-order valence-electron chi connectivity index (χ1n) is 11.4. The topological polar surface area (TPSA) is 57.3 Å². The molecule has 1 saturated heterocycles. The zero-order valence-corrected chi connectivity index (χ0v) is 19.4. The second-order valence-electron chi connectivity index (χ2n) is 9.03. The van der Waals surface area contributed by atoms with Crippen LogP contribution < -0.4 is 4.74 Å². The molecule has 0 spiro atoms. The lowest BCUT2D eigenvalue weighted by Crippen LogP contribution is -2.53. The maximum absolute atomic E-state index is 5.93. The van der Waals surface area contributed by atoms with E-state index in [9.17, 15) is 0 Å². The maximum atomic E-state index is 5.93. The number of nitrogens with one attached hydrogen (secondary N) is 1. The minimum atomic E-state index is -0.183. The average Bonchev–Trinajstić information content (AvgIpc) is 3.21. The maximum Gasteiger partial charge on any atom is 0.124 e. The Kier molecular flexibility index (Phi) is 5.35. The molecule has 3 aromatic heterocycles. The molecule has 6 nitrogen and oxygen atoms in total. The standard InChI is InChI=1S/C26H31N5O/c1-5-30-11-13-31(14-12-30)26(2,3)25-23(32-4)9-8-20-24(25)19-15-21(28-17-22(19)29-20)18-7-6-10-27-16-18/h6-10,15-17,29H,5,11-14H2,1-4H3. The van der Waals surface area contributed by atoms with Crippen LogP contribution >= 0.6 is 0 Å². The van der Waals surface area contributed by atoms with Crippen LogP contribution in [-0.2, 0) is 5.54 Å². The summed E-state index contributed by atoms with van der Waals surface area (Å²) >= 11 is 0. The Bertz CT molecular complexity index is 1240. The molecular formula is C26H31N5O. The van der Waals surface area contributed by atoms with E-state index in [2.05, 4.69) is 64.8 Å². The number of ether oxygens (including phenoxy) is 1. The summed E-state index contributed by atoms with van der Waals surface area (Å²) in [5.41, 5.74) is 5.14. The molecular weight excluding hydrogens is 398 g/mol. The quantitative estimate of drug-likeness (QED) is 0.500. The molecule has 0 radical (unpaired) electrons. The van der Waals surface area contributed by atoms with E-state index in [1.807, 2.05) is 18.5 Å². The van der Waals surface area contributed by atoms with Crippen LogP contribution in [0.3, 0.4) is 0 Å². The summed E-state index contributed by atoms with van der Waals surface area (Å²) in [4.78, 5) is 17.7. The number of piperazine rings is 1. The van der Waals surface area contributed by atoms with E-state index in [0.717, 1.165) is 60.8 Å². The summed E-state index contributed by atoms with van der Waals surface area (Å²) in [5.74, 6) is 0.932. The lowest BCUT2D eigenvalue weighted by atomic mass is 9.87. The fraction of sp³-hybridized carbons (Fsp3) is 0.385. The molecule has 0 saturated carbocycles. The van der Waals surface area contributed by atoms with E-state index in [1.165, 1.54) is 16.3 Å². The highest BCUT2D eigenvalue weighted by Gasteiger charge is 2.35. The Hall–Kier alpha value is -2.96. The number of pyridine rings is 2. The van der Waals surface area contributed by atoms with Gasteiger partial charge in [0.15, 0.2) is 0 Å². The van der Waals surface area contributed by atoms with Crippen molar-refractivity contribution in [3.8, 4) is 17.0 Å². The zero-order valence-electron chi connectivity index (χ0n) is 19.4. The van der Waals surface area contributed by atoms with Crippen LogP contribution in [0.2, 0.25) is 0 Å². The Balaban J connectivity index is 1.70. The molecule has 0 atom stereocenters. The summed E-state index contributed by atoms with van der Waals surface area (Å²) in [6.45, 7) is 12.3. The number of aromatic nitrogens is 3. The molecule has 1 aliphatic heterocycles. The number of benzene rings is 1. The molecule has 0 amide bonds. The molecule has 0 bridgehead atoms. The Labute approximate surface area is 189 Å². The van der Waals surface area contributed by atoms with Crippen LogP contribution in [0.25, 0.3) is 33.1 Å². The Morgan fingerprint density at radius 3 is 2.56 bits per heavy atom. The van der Waals surface area contributed by atoms with Crippen molar-refractivity contribution < 1.29 is 4.74 Å². The normalized spacial score (nSPS) is 16.1. The van der Waals surface area contributed by atoms with Crippen LogP contribution in [0, 0.1) is 0 Å². The lowest BCUT2D eigenvalue weighted by Gasteiger charge is -2.44. The average molecular weight is 430 g/mol. The van der Waals surface area contributed by atoms with Crippen LogP contribution in [0.15, 0.2) is 48.9 Å². The second-order valence-corrected chi connectivity index (χ2v) is 9.03. The molecule has 6 heteroatoms. The number of fused-ring (bicyclic) bond motifs is 3. The molecule has 1 fully saturated rings. The van der Waals surface area contributed by atoms with Crippen molar-refractivity contribution in [1.82, 2.24) is 24.8 Å². The van der Waals surface area contributed by atoms with Gasteiger partial charge in [0, 0.05) is 71.5 Å². The monoisotopic (exact) mass is 429 g/mol. The first kappa shape index (κ1) is 20.9. The number of methoxy groups -OCH3 is 1. The summed E-state index contributed by atoms with van der Waals surface area (Å²) in [6, 6.07) is 10.4. The number of hydrogen-bond acceptors (Lipinski definition) is 5. The number of rotatable bonds is 5. The molecule has 0 unspecified atom stereocenters. The first-order valence-corrected chi connectivity index (χ1v) is 11.4. The van der Waals surface area contributed by atoms with Crippen molar-refractivity contribution in [3.63, 3.8) is 0 Å². The van der Waals surface area contributed by atoms with Gasteiger partial charge >= 0.3 is 0 Å². The number of nitrogens with zero attached hydrogens (tertiary/aromatic N) is 4. The van der Waals surface area contributed by atoms with Crippen molar-refractivity contribution in [2.45, 2.75) is 26.3 Å². The van der Waals surface area contributed by atoms with E-state index in [-0.39, 0.29) is 5.54 Å². The molecule has 1 N–H and O–H groups in total. The van der Waals surface area contributed by atoms with Crippen LogP contribution in [0.1, 0.15) is 26.3 Å². The number of likely N-dealkylation sites (N-methyl/N-ethyl adjacent to an activating group) is 1. The van der Waals surface area contributed by atoms with Gasteiger partial charge in [-0.1, -0.05) is 6.92 Å². The minimum absolute atomic E-state index is 0.183. The third kappa shape index (κ3) is 3.44. The molecule has 32 heavy (non-hydrogen) atoms. The van der Waals surface area contributed by atoms with Gasteiger partial charge in [-0.05, 0) is 50.7 Å². The van der Waals surface area contributed by atoms with Crippen LogP contribution in [0.4, 0.5) is 0 Å². The highest BCUT2D eigenvalue weighted by Crippen LogP contribution is 2.43. The summed E-state index contributed by atoms with van der Waals surface area (Å²) in [7, 11) is 1.77. The smallest absolute Gasteiger partial charge is 0.124 e. The molecule has 1 aromatic carbocycles. The van der Waals surface area contributed by atoms with Crippen molar-refractivity contribution in [3.05, 3.63) is 54.5 Å². The minimum Gasteiger partial charge on any atom is -0.496 e. The molecule has 4 aromatic rings. The fourth-order valence-electron chi connectivity index (χ4n) is 5.11. The van der Waals surface area contributed by atoms with Crippen molar-refractivity contribution in [1.29, 1.82) is 0 Å². The third-order valence-corrected chi connectivity index (χ3v) is 7.01. The molecule has 166 valence electrons. The van der Waals surface area contributed by atoms with Gasteiger partial charge in [-0.2, -0.15) is 0 Å². The van der Waals surface area contributed by atoms with Crippen LogP contribution in [-0.4, -0.2) is 64.6 Å². The second kappa shape index (κ2) is 8.19. The first-order chi connectivity index (χ1) is 15.5. The predicted octanol–water partition coefficient (Wildman–Crippen LogP) is 4.66. The number of hydrogen-bond donors (Lipinski definition) is 1. The highest BCUT2D eigenvalue weighted by molar-refractivity contribution is 6.10. The largest absolute Gasteiger partial charge is 0.496 e. The molecule has 4 heterocycles. The van der Waals surface area contributed by atoms with Gasteiger partial charge in [0.2, 0.25) is 0 Å². The Morgan fingerprint density at radius 1 is 1.06 bits per heavy atom. The van der Waals surface area contributed by atoms with Crippen LogP contribution in [0.5, 0.6) is 5.75 Å². The van der Waals surface area contributed by atoms with Gasteiger partial charge < -0.3 is 14.6 Å². The van der Waals surface area contributed by atoms with Gasteiger partial charge in [-0.15, -0.1) is 0 Å². The van der Waals surface area contributed by atoms with Gasteiger partial charge in [0.05, 0.1) is 24.5 Å². The van der Waals surface area contributed by atoms with E-state index in [0.29, 0.717) is 0 Å².